The first-order valence-corrected chi connectivity index (χ1v) is 12.1. The molecule has 3 saturated carbocycles. The third kappa shape index (κ3) is 5.55. The zero-order chi connectivity index (χ0) is 23.5. The zero-order valence-electron chi connectivity index (χ0n) is 18.8. The molecule has 4 unspecified atom stereocenters. The molecule has 3 aliphatic rings. The van der Waals surface area contributed by atoms with Gasteiger partial charge in [0.15, 0.2) is 11.5 Å². The van der Waals surface area contributed by atoms with E-state index in [0.29, 0.717) is 30.6 Å². The van der Waals surface area contributed by atoms with Crippen LogP contribution >= 0.6 is 0 Å². The van der Waals surface area contributed by atoms with Gasteiger partial charge in [-0.15, -0.1) is 6.58 Å². The summed E-state index contributed by atoms with van der Waals surface area (Å²) in [7, 11) is 0. The molecular formula is C26H32F4O3. The number of allylic oxidation sites excluding steroid dienone is 1. The maximum Gasteiger partial charge on any atom is 0.387 e. The van der Waals surface area contributed by atoms with Gasteiger partial charge in [0.1, 0.15) is 0 Å². The van der Waals surface area contributed by atoms with Crippen LogP contribution in [0.15, 0.2) is 24.8 Å². The molecule has 0 aliphatic heterocycles. The Labute approximate surface area is 192 Å². The Bertz CT molecular complexity index is 850. The monoisotopic (exact) mass is 468 g/mol. The summed E-state index contributed by atoms with van der Waals surface area (Å²) in [6, 6.07) is 1.78. The molecule has 0 bridgehead atoms. The first-order chi connectivity index (χ1) is 15.9. The third-order valence-electron chi connectivity index (χ3n) is 8.24. The molecule has 1 aromatic rings. The molecule has 0 spiro atoms. The Hall–Kier alpha value is -2.05. The van der Waals surface area contributed by atoms with Crippen molar-refractivity contribution in [3.63, 3.8) is 0 Å². The standard InChI is InChI=1S/C26H32F4O3/c1-2-15-3-4-20-14-19(10-9-18(20)13-15)16-5-7-17(8-6-16)25(31)32-21-11-12-22(33-26(29)30)24(28)23(21)27/h2,11-12,15-20,26H,1,3-10,13-14H2. The van der Waals surface area contributed by atoms with E-state index >= 15 is 0 Å². The lowest BCUT2D eigenvalue weighted by molar-refractivity contribution is -0.140. The fourth-order valence-corrected chi connectivity index (χ4v) is 6.40. The SMILES string of the molecule is C=CC1CCC2CC(C3CCC(C(=O)Oc4ccc(OC(F)F)c(F)c4F)CC3)CCC2C1. The fraction of sp³-hybridized carbons (Fsp3) is 0.654. The van der Waals surface area contributed by atoms with E-state index in [4.69, 9.17) is 4.74 Å². The van der Waals surface area contributed by atoms with Crippen LogP contribution < -0.4 is 9.47 Å². The number of esters is 1. The number of hydrogen-bond donors (Lipinski definition) is 0. The molecular weight excluding hydrogens is 436 g/mol. The number of carbonyl (C=O) groups excluding carboxylic acids is 1. The van der Waals surface area contributed by atoms with Crippen LogP contribution in [-0.4, -0.2) is 12.6 Å². The summed E-state index contributed by atoms with van der Waals surface area (Å²) < 4.78 is 61.6. The normalized spacial score (nSPS) is 32.2. The largest absolute Gasteiger partial charge is 0.432 e. The molecule has 33 heavy (non-hydrogen) atoms. The second-order valence-corrected chi connectivity index (χ2v) is 10.0. The van der Waals surface area contributed by atoms with Crippen LogP contribution in [0.5, 0.6) is 11.5 Å². The Morgan fingerprint density at radius 3 is 2.06 bits per heavy atom. The lowest BCUT2D eigenvalue weighted by atomic mass is 9.61. The molecule has 3 aliphatic carbocycles. The van der Waals surface area contributed by atoms with Crippen molar-refractivity contribution in [2.24, 2.45) is 35.5 Å². The first-order valence-electron chi connectivity index (χ1n) is 12.1. The van der Waals surface area contributed by atoms with Crippen LogP contribution in [0.2, 0.25) is 0 Å². The van der Waals surface area contributed by atoms with Gasteiger partial charge in [0.2, 0.25) is 11.6 Å². The van der Waals surface area contributed by atoms with Gasteiger partial charge in [0, 0.05) is 0 Å². The van der Waals surface area contributed by atoms with Crippen molar-refractivity contribution in [2.75, 3.05) is 0 Å². The predicted octanol–water partition coefficient (Wildman–Crippen LogP) is 7.30. The van der Waals surface area contributed by atoms with E-state index in [1.54, 1.807) is 0 Å². The van der Waals surface area contributed by atoms with Crippen molar-refractivity contribution < 1.29 is 31.8 Å². The molecule has 0 aromatic heterocycles. The van der Waals surface area contributed by atoms with E-state index < -0.39 is 35.7 Å². The van der Waals surface area contributed by atoms with Crippen LogP contribution in [0.1, 0.15) is 64.2 Å². The lowest BCUT2D eigenvalue weighted by Gasteiger charge is -2.45. The number of fused-ring (bicyclic) bond motifs is 1. The molecule has 0 saturated heterocycles. The van der Waals surface area contributed by atoms with Gasteiger partial charge in [0.25, 0.3) is 0 Å². The van der Waals surface area contributed by atoms with Crippen LogP contribution in [-0.2, 0) is 4.79 Å². The molecule has 7 heteroatoms. The Balaban J connectivity index is 1.27. The summed E-state index contributed by atoms with van der Waals surface area (Å²) in [6.07, 6.45) is 13.0. The molecule has 0 amide bonds. The molecule has 1 aromatic carbocycles. The number of alkyl halides is 2. The van der Waals surface area contributed by atoms with Gasteiger partial charge in [-0.3, -0.25) is 4.79 Å². The molecule has 4 atom stereocenters. The van der Waals surface area contributed by atoms with E-state index in [-0.39, 0.29) is 5.92 Å². The predicted molar refractivity (Wildman–Crippen MR) is 116 cm³/mol. The van der Waals surface area contributed by atoms with Crippen molar-refractivity contribution >= 4 is 5.97 Å². The van der Waals surface area contributed by atoms with Gasteiger partial charge >= 0.3 is 12.6 Å². The highest BCUT2D eigenvalue weighted by molar-refractivity contribution is 5.75. The van der Waals surface area contributed by atoms with Gasteiger partial charge in [-0.1, -0.05) is 6.08 Å². The number of halogens is 4. The van der Waals surface area contributed by atoms with E-state index in [2.05, 4.69) is 17.4 Å². The highest BCUT2D eigenvalue weighted by Crippen LogP contribution is 2.49. The fourth-order valence-electron chi connectivity index (χ4n) is 6.40. The first kappa shape index (κ1) is 24.1. The number of ether oxygens (including phenoxy) is 2. The zero-order valence-corrected chi connectivity index (χ0v) is 18.8. The molecule has 3 nitrogen and oxygen atoms in total. The van der Waals surface area contributed by atoms with E-state index in [1.807, 2.05) is 0 Å². The number of carbonyl (C=O) groups is 1. The highest BCUT2D eigenvalue weighted by Gasteiger charge is 2.39. The second kappa shape index (κ2) is 10.5. The van der Waals surface area contributed by atoms with Crippen molar-refractivity contribution in [1.29, 1.82) is 0 Å². The van der Waals surface area contributed by atoms with Gasteiger partial charge in [0.05, 0.1) is 5.92 Å². The van der Waals surface area contributed by atoms with Crippen LogP contribution in [0.3, 0.4) is 0 Å². The molecule has 0 N–H and O–H groups in total. The topological polar surface area (TPSA) is 35.5 Å². The van der Waals surface area contributed by atoms with Crippen molar-refractivity contribution in [2.45, 2.75) is 70.8 Å². The van der Waals surface area contributed by atoms with E-state index in [9.17, 15) is 22.4 Å². The van der Waals surface area contributed by atoms with E-state index in [1.165, 1.54) is 38.5 Å². The summed E-state index contributed by atoms with van der Waals surface area (Å²) >= 11 is 0. The minimum atomic E-state index is -3.28. The number of benzene rings is 1. The van der Waals surface area contributed by atoms with Crippen molar-refractivity contribution in [3.8, 4) is 11.5 Å². The maximum atomic E-state index is 14.1. The van der Waals surface area contributed by atoms with E-state index in [0.717, 1.165) is 36.8 Å². The second-order valence-electron chi connectivity index (χ2n) is 10.0. The number of rotatable bonds is 6. The van der Waals surface area contributed by atoms with Crippen molar-refractivity contribution in [1.82, 2.24) is 0 Å². The summed E-state index contributed by atoms with van der Waals surface area (Å²) in [5.74, 6) is -1.94. The van der Waals surface area contributed by atoms with Gasteiger partial charge < -0.3 is 9.47 Å². The third-order valence-corrected chi connectivity index (χ3v) is 8.24. The van der Waals surface area contributed by atoms with Crippen LogP contribution in [0, 0.1) is 47.1 Å². The summed E-state index contributed by atoms with van der Waals surface area (Å²) in [5, 5.41) is 0. The smallest absolute Gasteiger partial charge is 0.387 e. The molecule has 0 heterocycles. The average molecular weight is 469 g/mol. The van der Waals surface area contributed by atoms with Gasteiger partial charge in [-0.05, 0) is 106 Å². The van der Waals surface area contributed by atoms with Crippen LogP contribution in [0.25, 0.3) is 0 Å². The minimum Gasteiger partial charge on any atom is -0.432 e. The molecule has 0 radical (unpaired) electrons. The highest BCUT2D eigenvalue weighted by atomic mass is 19.3. The molecule has 182 valence electrons. The summed E-state index contributed by atoms with van der Waals surface area (Å²) in [6.45, 7) is 0.693. The van der Waals surface area contributed by atoms with Gasteiger partial charge in [-0.25, -0.2) is 0 Å². The van der Waals surface area contributed by atoms with Crippen molar-refractivity contribution in [3.05, 3.63) is 36.4 Å². The summed E-state index contributed by atoms with van der Waals surface area (Å²) in [5.41, 5.74) is 0. The Morgan fingerprint density at radius 2 is 1.39 bits per heavy atom. The molecule has 3 fully saturated rings. The number of hydrogen-bond acceptors (Lipinski definition) is 3. The summed E-state index contributed by atoms with van der Waals surface area (Å²) in [4.78, 5) is 12.6. The Kier molecular flexibility index (Phi) is 7.65. The minimum absolute atomic E-state index is 0.361. The maximum absolute atomic E-state index is 14.1. The lowest BCUT2D eigenvalue weighted by Crippen LogP contribution is -2.35. The Morgan fingerprint density at radius 1 is 0.848 bits per heavy atom. The van der Waals surface area contributed by atoms with Crippen LogP contribution in [0.4, 0.5) is 17.6 Å². The molecule has 4 rings (SSSR count). The van der Waals surface area contributed by atoms with Gasteiger partial charge in [-0.2, -0.15) is 17.6 Å². The average Bonchev–Trinajstić information content (AvgIpc) is 2.83. The quantitative estimate of drug-likeness (QED) is 0.190.